The van der Waals surface area contributed by atoms with Gasteiger partial charge in [0.25, 0.3) is 0 Å². The second-order valence-corrected chi connectivity index (χ2v) is 6.84. The molecule has 0 aliphatic heterocycles. The zero-order chi connectivity index (χ0) is 12.6. The third-order valence-corrected chi connectivity index (χ3v) is 3.38. The number of nitrogens with zero attached hydrogens (tertiary/aromatic N) is 1. The van der Waals surface area contributed by atoms with E-state index in [-0.39, 0.29) is 16.0 Å². The molecule has 16 heavy (non-hydrogen) atoms. The lowest BCUT2D eigenvalue weighted by Crippen LogP contribution is -2.12. The van der Waals surface area contributed by atoms with Crippen molar-refractivity contribution >= 4 is 15.5 Å². The van der Waals surface area contributed by atoms with E-state index < -0.39 is 9.84 Å². The lowest BCUT2D eigenvalue weighted by molar-refractivity contribution is 0.585. The van der Waals surface area contributed by atoms with Gasteiger partial charge in [0.05, 0.1) is 4.90 Å². The minimum atomic E-state index is -3.32. The van der Waals surface area contributed by atoms with Gasteiger partial charge in [-0.25, -0.2) is 8.42 Å². The van der Waals surface area contributed by atoms with Gasteiger partial charge >= 0.3 is 0 Å². The highest BCUT2D eigenvalue weighted by Crippen LogP contribution is 2.29. The molecule has 0 N–H and O–H groups in total. The van der Waals surface area contributed by atoms with Gasteiger partial charge in [0.2, 0.25) is 0 Å². The summed E-state index contributed by atoms with van der Waals surface area (Å²) in [6.45, 7) is 5.84. The van der Waals surface area contributed by atoms with Crippen LogP contribution in [0.4, 0.5) is 5.69 Å². The SMILES string of the molecule is CC(C)(C)c1cc(N=O)cc(S(C)(=O)=O)c1. The quantitative estimate of drug-likeness (QED) is 0.748. The molecule has 1 aromatic rings. The predicted molar refractivity (Wildman–Crippen MR) is 63.7 cm³/mol. The van der Waals surface area contributed by atoms with Gasteiger partial charge < -0.3 is 0 Å². The largest absolute Gasteiger partial charge is 0.224 e. The molecule has 0 atom stereocenters. The van der Waals surface area contributed by atoms with Crippen LogP contribution in [0.25, 0.3) is 0 Å². The van der Waals surface area contributed by atoms with Gasteiger partial charge in [-0.05, 0) is 34.4 Å². The van der Waals surface area contributed by atoms with E-state index in [1.807, 2.05) is 20.8 Å². The molecule has 1 rings (SSSR count). The van der Waals surface area contributed by atoms with Gasteiger partial charge in [0.15, 0.2) is 9.84 Å². The van der Waals surface area contributed by atoms with Crippen LogP contribution in [0.3, 0.4) is 0 Å². The number of hydrogen-bond donors (Lipinski definition) is 0. The van der Waals surface area contributed by atoms with Crippen LogP contribution < -0.4 is 0 Å². The van der Waals surface area contributed by atoms with Crippen molar-refractivity contribution in [1.82, 2.24) is 0 Å². The lowest BCUT2D eigenvalue weighted by Gasteiger charge is -2.19. The van der Waals surface area contributed by atoms with E-state index in [1.165, 1.54) is 6.07 Å². The molecule has 0 aromatic heterocycles. The number of sulfone groups is 1. The van der Waals surface area contributed by atoms with E-state index in [2.05, 4.69) is 5.18 Å². The molecular formula is C11H15NO3S. The van der Waals surface area contributed by atoms with Crippen LogP contribution in [0.15, 0.2) is 28.3 Å². The number of nitroso groups, excluding NO2 is 1. The van der Waals surface area contributed by atoms with E-state index in [0.717, 1.165) is 11.8 Å². The first kappa shape index (κ1) is 12.8. The van der Waals surface area contributed by atoms with E-state index in [4.69, 9.17) is 0 Å². The molecule has 0 heterocycles. The number of benzene rings is 1. The highest BCUT2D eigenvalue weighted by atomic mass is 32.2. The Morgan fingerprint density at radius 1 is 1.12 bits per heavy atom. The first-order valence-electron chi connectivity index (χ1n) is 4.83. The maximum Gasteiger partial charge on any atom is 0.175 e. The summed E-state index contributed by atoms with van der Waals surface area (Å²) in [5, 5.41) is 2.80. The van der Waals surface area contributed by atoms with Crippen LogP contribution in [-0.2, 0) is 15.3 Å². The fraction of sp³-hybridized carbons (Fsp3) is 0.455. The predicted octanol–water partition coefficient (Wildman–Crippen LogP) is 2.79. The Morgan fingerprint density at radius 3 is 2.06 bits per heavy atom. The maximum atomic E-state index is 11.4. The lowest BCUT2D eigenvalue weighted by atomic mass is 9.87. The molecule has 0 amide bonds. The third kappa shape index (κ3) is 2.88. The van der Waals surface area contributed by atoms with Crippen LogP contribution >= 0.6 is 0 Å². The zero-order valence-electron chi connectivity index (χ0n) is 9.81. The number of rotatable bonds is 2. The summed E-state index contributed by atoms with van der Waals surface area (Å²) in [5.74, 6) is 0. The standard InChI is InChI=1S/C11H15NO3S/c1-11(2,3)8-5-9(12-13)7-10(6-8)16(4,14)15/h5-7H,1-4H3. The van der Waals surface area contributed by atoms with Crippen molar-refractivity contribution in [3.8, 4) is 0 Å². The van der Waals surface area contributed by atoms with Crippen LogP contribution in [0, 0.1) is 4.91 Å². The second kappa shape index (κ2) is 3.97. The molecule has 0 saturated heterocycles. The minimum Gasteiger partial charge on any atom is -0.224 e. The Balaban J connectivity index is 3.51. The smallest absolute Gasteiger partial charge is 0.175 e. The Kier molecular flexibility index (Phi) is 3.19. The van der Waals surface area contributed by atoms with Gasteiger partial charge in [-0.15, -0.1) is 4.91 Å². The first-order chi connectivity index (χ1) is 7.14. The molecule has 0 unspecified atom stereocenters. The fourth-order valence-electron chi connectivity index (χ4n) is 1.28. The summed E-state index contributed by atoms with van der Waals surface area (Å²) in [4.78, 5) is 10.7. The Bertz CT molecular complexity index is 513. The molecule has 0 radical (unpaired) electrons. The van der Waals surface area contributed by atoms with Gasteiger partial charge in [0, 0.05) is 6.26 Å². The highest BCUT2D eigenvalue weighted by Gasteiger charge is 2.18. The molecule has 0 fully saturated rings. The Morgan fingerprint density at radius 2 is 1.69 bits per heavy atom. The monoisotopic (exact) mass is 241 g/mol. The van der Waals surface area contributed by atoms with Gasteiger partial charge in [-0.1, -0.05) is 20.8 Å². The average Bonchev–Trinajstić information content (AvgIpc) is 2.14. The molecule has 0 aliphatic carbocycles. The summed E-state index contributed by atoms with van der Waals surface area (Å²) >= 11 is 0. The van der Waals surface area contributed by atoms with Crippen LogP contribution in [0.2, 0.25) is 0 Å². The maximum absolute atomic E-state index is 11.4. The van der Waals surface area contributed by atoms with Crippen molar-refractivity contribution in [3.05, 3.63) is 28.7 Å². The fourth-order valence-corrected chi connectivity index (χ4v) is 1.96. The van der Waals surface area contributed by atoms with E-state index in [9.17, 15) is 13.3 Å². The summed E-state index contributed by atoms with van der Waals surface area (Å²) in [7, 11) is -3.32. The molecule has 5 heteroatoms. The molecule has 4 nitrogen and oxygen atoms in total. The molecule has 0 bridgehead atoms. The van der Waals surface area contributed by atoms with Crippen molar-refractivity contribution in [3.63, 3.8) is 0 Å². The van der Waals surface area contributed by atoms with Gasteiger partial charge in [0.1, 0.15) is 5.69 Å². The van der Waals surface area contributed by atoms with E-state index in [0.29, 0.717) is 0 Å². The molecule has 0 aliphatic rings. The van der Waals surface area contributed by atoms with Crippen molar-refractivity contribution in [2.75, 3.05) is 6.26 Å². The summed E-state index contributed by atoms with van der Waals surface area (Å²) in [6, 6.07) is 4.49. The normalized spacial score (nSPS) is 12.5. The van der Waals surface area contributed by atoms with E-state index in [1.54, 1.807) is 12.1 Å². The zero-order valence-corrected chi connectivity index (χ0v) is 10.6. The van der Waals surface area contributed by atoms with Crippen LogP contribution in [0.5, 0.6) is 0 Å². The second-order valence-electron chi connectivity index (χ2n) is 4.83. The molecule has 88 valence electrons. The van der Waals surface area contributed by atoms with Crippen molar-refractivity contribution in [2.45, 2.75) is 31.1 Å². The van der Waals surface area contributed by atoms with Crippen molar-refractivity contribution < 1.29 is 8.42 Å². The van der Waals surface area contributed by atoms with Crippen molar-refractivity contribution in [1.29, 1.82) is 0 Å². The Labute approximate surface area is 95.6 Å². The van der Waals surface area contributed by atoms with E-state index >= 15 is 0 Å². The summed E-state index contributed by atoms with van der Waals surface area (Å²) in [5.41, 5.74) is 0.707. The molecular weight excluding hydrogens is 226 g/mol. The third-order valence-electron chi connectivity index (χ3n) is 2.29. The van der Waals surface area contributed by atoms with Crippen LogP contribution in [-0.4, -0.2) is 14.7 Å². The first-order valence-corrected chi connectivity index (χ1v) is 6.73. The summed E-state index contributed by atoms with van der Waals surface area (Å²) < 4.78 is 22.9. The molecule has 1 aromatic carbocycles. The molecule has 0 saturated carbocycles. The average molecular weight is 241 g/mol. The van der Waals surface area contributed by atoms with Crippen molar-refractivity contribution in [2.24, 2.45) is 5.18 Å². The summed E-state index contributed by atoms with van der Waals surface area (Å²) in [6.07, 6.45) is 1.11. The van der Waals surface area contributed by atoms with Crippen LogP contribution in [0.1, 0.15) is 26.3 Å². The number of hydrogen-bond acceptors (Lipinski definition) is 4. The minimum absolute atomic E-state index is 0.134. The van der Waals surface area contributed by atoms with Gasteiger partial charge in [-0.2, -0.15) is 0 Å². The Hall–Kier alpha value is -1.23. The highest BCUT2D eigenvalue weighted by molar-refractivity contribution is 7.90. The van der Waals surface area contributed by atoms with Gasteiger partial charge in [-0.3, -0.25) is 0 Å². The topological polar surface area (TPSA) is 63.6 Å². The molecule has 0 spiro atoms.